The van der Waals surface area contributed by atoms with Crippen LogP contribution < -0.4 is 4.72 Å². The summed E-state index contributed by atoms with van der Waals surface area (Å²) in [6, 6.07) is 3.95. The molecule has 0 aliphatic heterocycles. The van der Waals surface area contributed by atoms with Crippen LogP contribution in [0.4, 0.5) is 0 Å². The molecule has 0 atom stereocenters. The van der Waals surface area contributed by atoms with E-state index in [2.05, 4.69) is 14.9 Å². The van der Waals surface area contributed by atoms with E-state index in [0.717, 1.165) is 6.07 Å². The van der Waals surface area contributed by atoms with Crippen molar-refractivity contribution in [2.45, 2.75) is 18.4 Å². The van der Waals surface area contributed by atoms with Crippen molar-refractivity contribution >= 4 is 16.0 Å². The number of nitrogens with zero attached hydrogens (tertiary/aromatic N) is 3. The highest BCUT2D eigenvalue weighted by atomic mass is 32.2. The van der Waals surface area contributed by atoms with Crippen molar-refractivity contribution in [3.05, 3.63) is 41.5 Å². The number of carbonyl (C=O) groups is 1. The minimum atomic E-state index is -3.83. The van der Waals surface area contributed by atoms with E-state index >= 15 is 0 Å². The van der Waals surface area contributed by atoms with E-state index in [1.807, 2.05) is 0 Å². The number of benzene rings is 1. The molecule has 8 nitrogen and oxygen atoms in total. The zero-order valence-electron chi connectivity index (χ0n) is 11.4. The van der Waals surface area contributed by atoms with Crippen molar-refractivity contribution in [1.82, 2.24) is 19.5 Å². The number of hydrogen-bond donors (Lipinski definition) is 2. The summed E-state index contributed by atoms with van der Waals surface area (Å²) in [7, 11) is -2.14. The third kappa shape index (κ3) is 3.26. The molecular formula is C12H14N4O4S. The number of carboxylic acid groups (broad SMARTS) is 1. The molecule has 2 rings (SSSR count). The van der Waals surface area contributed by atoms with Crippen LogP contribution in [-0.2, 0) is 23.6 Å². The van der Waals surface area contributed by atoms with E-state index < -0.39 is 16.0 Å². The van der Waals surface area contributed by atoms with Crippen LogP contribution in [0.3, 0.4) is 0 Å². The number of aromatic nitrogens is 3. The van der Waals surface area contributed by atoms with Gasteiger partial charge in [0.25, 0.3) is 0 Å². The third-order valence-electron chi connectivity index (χ3n) is 2.95. The minimum Gasteiger partial charge on any atom is -0.478 e. The molecule has 0 aliphatic carbocycles. The Hall–Kier alpha value is -2.26. The Morgan fingerprint density at radius 3 is 2.71 bits per heavy atom. The number of hydrogen-bond acceptors (Lipinski definition) is 5. The molecule has 0 unspecified atom stereocenters. The maximum absolute atomic E-state index is 12.3. The molecule has 0 fully saturated rings. The van der Waals surface area contributed by atoms with Gasteiger partial charge in [0, 0.05) is 7.05 Å². The summed E-state index contributed by atoms with van der Waals surface area (Å²) in [5.41, 5.74) is 0.380. The molecule has 0 saturated heterocycles. The fourth-order valence-electron chi connectivity index (χ4n) is 1.73. The van der Waals surface area contributed by atoms with E-state index in [1.165, 1.54) is 18.5 Å². The Kier molecular flexibility index (Phi) is 4.05. The van der Waals surface area contributed by atoms with E-state index in [-0.39, 0.29) is 17.0 Å². The number of carboxylic acids is 1. The number of nitrogens with one attached hydrogen (secondary N) is 1. The van der Waals surface area contributed by atoms with Gasteiger partial charge in [0.1, 0.15) is 12.2 Å². The Morgan fingerprint density at radius 2 is 2.14 bits per heavy atom. The molecule has 0 spiro atoms. The average Bonchev–Trinajstić information content (AvgIpc) is 2.82. The van der Waals surface area contributed by atoms with Crippen LogP contribution in [0.5, 0.6) is 0 Å². The second-order valence-corrected chi connectivity index (χ2v) is 6.20. The summed E-state index contributed by atoms with van der Waals surface area (Å²) in [4.78, 5) is 10.9. The Bertz CT molecular complexity index is 782. The van der Waals surface area contributed by atoms with Crippen molar-refractivity contribution in [1.29, 1.82) is 0 Å². The second kappa shape index (κ2) is 5.62. The molecule has 1 heterocycles. The molecule has 0 saturated carbocycles. The third-order valence-corrected chi connectivity index (χ3v) is 4.49. The maximum atomic E-state index is 12.3. The molecule has 21 heavy (non-hydrogen) atoms. The zero-order valence-corrected chi connectivity index (χ0v) is 12.3. The fraction of sp³-hybridized carbons (Fsp3) is 0.250. The van der Waals surface area contributed by atoms with Crippen molar-refractivity contribution < 1.29 is 18.3 Å². The number of aryl methyl sites for hydroxylation is 2. The summed E-state index contributed by atoms with van der Waals surface area (Å²) in [5, 5.41) is 16.4. The van der Waals surface area contributed by atoms with Crippen LogP contribution >= 0.6 is 0 Å². The highest BCUT2D eigenvalue weighted by Gasteiger charge is 2.19. The number of rotatable bonds is 5. The predicted molar refractivity (Wildman–Crippen MR) is 73.2 cm³/mol. The Morgan fingerprint density at radius 1 is 1.43 bits per heavy atom. The zero-order chi connectivity index (χ0) is 15.6. The first-order chi connectivity index (χ1) is 9.81. The van der Waals surface area contributed by atoms with Gasteiger partial charge in [0.05, 0.1) is 17.0 Å². The molecule has 112 valence electrons. The van der Waals surface area contributed by atoms with Crippen molar-refractivity contribution in [2.75, 3.05) is 0 Å². The smallest absolute Gasteiger partial charge is 0.335 e. The normalized spacial score (nSPS) is 11.5. The first-order valence-electron chi connectivity index (χ1n) is 5.98. The lowest BCUT2D eigenvalue weighted by Gasteiger charge is -2.09. The fourth-order valence-corrected chi connectivity index (χ4v) is 2.98. The van der Waals surface area contributed by atoms with E-state index in [1.54, 1.807) is 18.5 Å². The predicted octanol–water partition coefficient (Wildman–Crippen LogP) is 0.300. The van der Waals surface area contributed by atoms with Gasteiger partial charge in [-0.25, -0.2) is 17.9 Å². The van der Waals surface area contributed by atoms with Crippen LogP contribution in [0.15, 0.2) is 29.4 Å². The lowest BCUT2D eigenvalue weighted by atomic mass is 10.1. The number of aromatic carboxylic acids is 1. The molecule has 9 heteroatoms. The van der Waals surface area contributed by atoms with Gasteiger partial charge in [-0.2, -0.15) is 0 Å². The highest BCUT2D eigenvalue weighted by molar-refractivity contribution is 7.89. The van der Waals surface area contributed by atoms with Crippen LogP contribution in [0.2, 0.25) is 0 Å². The lowest BCUT2D eigenvalue weighted by Crippen LogP contribution is -2.25. The van der Waals surface area contributed by atoms with Crippen LogP contribution in [0.25, 0.3) is 0 Å². The van der Waals surface area contributed by atoms with Crippen molar-refractivity contribution in [3.8, 4) is 0 Å². The molecule has 1 aromatic carbocycles. The quantitative estimate of drug-likeness (QED) is 0.821. The molecule has 0 bridgehead atoms. The molecule has 0 aliphatic rings. The largest absolute Gasteiger partial charge is 0.478 e. The van der Waals surface area contributed by atoms with E-state index in [9.17, 15) is 13.2 Å². The van der Waals surface area contributed by atoms with Crippen LogP contribution in [0, 0.1) is 6.92 Å². The maximum Gasteiger partial charge on any atom is 0.335 e. The van der Waals surface area contributed by atoms with Gasteiger partial charge >= 0.3 is 5.97 Å². The van der Waals surface area contributed by atoms with Gasteiger partial charge in [-0.15, -0.1) is 10.2 Å². The van der Waals surface area contributed by atoms with E-state index in [0.29, 0.717) is 11.4 Å². The first kappa shape index (κ1) is 15.1. The van der Waals surface area contributed by atoms with Crippen LogP contribution in [0.1, 0.15) is 21.7 Å². The standard InChI is InChI=1S/C12H14N4O4S/c1-8-3-4-9(12(17)18)5-10(8)21(19,20)14-6-11-15-13-7-16(11)2/h3-5,7,14H,6H2,1-2H3,(H,17,18). The van der Waals surface area contributed by atoms with Crippen molar-refractivity contribution in [2.24, 2.45) is 7.05 Å². The average molecular weight is 310 g/mol. The van der Waals surface area contributed by atoms with Gasteiger partial charge in [0.2, 0.25) is 10.0 Å². The van der Waals surface area contributed by atoms with Gasteiger partial charge in [0.15, 0.2) is 0 Å². The topological polar surface area (TPSA) is 114 Å². The first-order valence-corrected chi connectivity index (χ1v) is 7.46. The van der Waals surface area contributed by atoms with Gasteiger partial charge < -0.3 is 9.67 Å². The SMILES string of the molecule is Cc1ccc(C(=O)O)cc1S(=O)(=O)NCc1nncn1C. The highest BCUT2D eigenvalue weighted by Crippen LogP contribution is 2.17. The molecule has 0 radical (unpaired) electrons. The Balaban J connectivity index is 2.29. The minimum absolute atomic E-state index is 0.0322. The summed E-state index contributed by atoms with van der Waals surface area (Å²) >= 11 is 0. The lowest BCUT2D eigenvalue weighted by molar-refractivity contribution is 0.0696. The van der Waals surface area contributed by atoms with E-state index in [4.69, 9.17) is 5.11 Å². The summed E-state index contributed by atoms with van der Waals surface area (Å²) in [6.07, 6.45) is 1.46. The summed E-state index contributed by atoms with van der Waals surface area (Å²) in [6.45, 7) is 1.57. The molecule has 1 aromatic heterocycles. The van der Waals surface area contributed by atoms with Crippen molar-refractivity contribution in [3.63, 3.8) is 0 Å². The van der Waals surface area contributed by atoms with Gasteiger partial charge in [-0.05, 0) is 24.6 Å². The van der Waals surface area contributed by atoms with Gasteiger partial charge in [-0.3, -0.25) is 0 Å². The summed E-state index contributed by atoms with van der Waals surface area (Å²) < 4.78 is 28.5. The van der Waals surface area contributed by atoms with Gasteiger partial charge in [-0.1, -0.05) is 6.07 Å². The molecule has 2 N–H and O–H groups in total. The molecule has 2 aromatic rings. The number of sulfonamides is 1. The molecule has 0 amide bonds. The van der Waals surface area contributed by atoms with Crippen LogP contribution in [-0.4, -0.2) is 34.3 Å². The molecular weight excluding hydrogens is 296 g/mol. The summed E-state index contributed by atoms with van der Waals surface area (Å²) in [5.74, 6) is -0.731. The monoisotopic (exact) mass is 310 g/mol. The second-order valence-electron chi connectivity index (χ2n) is 4.47. The Labute approximate surface area is 121 Å².